The van der Waals surface area contributed by atoms with Crippen molar-refractivity contribution in [2.24, 2.45) is 0 Å². The van der Waals surface area contributed by atoms with Crippen LogP contribution in [0.1, 0.15) is 23.6 Å². The lowest BCUT2D eigenvalue weighted by Gasteiger charge is -2.18. The first-order chi connectivity index (χ1) is 16.3. The SMILES string of the molecule is O=C(O)C[C@H](NC(=O)Nc1cccn(Cc2ccc(Cl)c(Cl)c2)c1=O)c1ccc2c(c1)OCO2. The molecular formula is C23H19Cl2N3O6. The topological polar surface area (TPSA) is 119 Å². The third-order valence-corrected chi connectivity index (χ3v) is 5.83. The Bertz CT molecular complexity index is 1310. The first kappa shape index (κ1) is 23.5. The van der Waals surface area contributed by atoms with Crippen LogP contribution < -0.4 is 25.7 Å². The Hall–Kier alpha value is -3.69. The van der Waals surface area contributed by atoms with Gasteiger partial charge < -0.3 is 29.8 Å². The minimum absolute atomic E-state index is 0.0276. The molecule has 1 atom stereocenters. The van der Waals surface area contributed by atoms with Gasteiger partial charge in [-0.05, 0) is 47.5 Å². The van der Waals surface area contributed by atoms with Gasteiger partial charge in [-0.15, -0.1) is 0 Å². The lowest BCUT2D eigenvalue weighted by atomic mass is 10.0. The van der Waals surface area contributed by atoms with Crippen LogP contribution >= 0.6 is 23.2 Å². The molecule has 11 heteroatoms. The normalized spacial score (nSPS) is 12.8. The van der Waals surface area contributed by atoms with E-state index in [0.29, 0.717) is 27.1 Å². The molecule has 9 nitrogen and oxygen atoms in total. The fourth-order valence-electron chi connectivity index (χ4n) is 3.46. The van der Waals surface area contributed by atoms with E-state index in [4.69, 9.17) is 32.7 Å². The summed E-state index contributed by atoms with van der Waals surface area (Å²) in [6.45, 7) is 0.282. The number of aliphatic carboxylic acids is 1. The highest BCUT2D eigenvalue weighted by molar-refractivity contribution is 6.42. The third kappa shape index (κ3) is 5.44. The predicted octanol–water partition coefficient (Wildman–Crippen LogP) is 4.27. The fraction of sp³-hybridized carbons (Fsp3) is 0.174. The fourth-order valence-corrected chi connectivity index (χ4v) is 3.79. The van der Waals surface area contributed by atoms with Crippen molar-refractivity contribution < 1.29 is 24.2 Å². The molecule has 34 heavy (non-hydrogen) atoms. The molecule has 3 N–H and O–H groups in total. The van der Waals surface area contributed by atoms with Crippen LogP contribution in [0, 0.1) is 0 Å². The third-order valence-electron chi connectivity index (χ3n) is 5.09. The molecular weight excluding hydrogens is 485 g/mol. The van der Waals surface area contributed by atoms with Gasteiger partial charge in [-0.2, -0.15) is 0 Å². The molecule has 3 aromatic rings. The van der Waals surface area contributed by atoms with Crippen molar-refractivity contribution in [1.29, 1.82) is 0 Å². The van der Waals surface area contributed by atoms with Gasteiger partial charge >= 0.3 is 12.0 Å². The van der Waals surface area contributed by atoms with Crippen molar-refractivity contribution in [3.8, 4) is 11.5 Å². The molecule has 0 aliphatic carbocycles. The second kappa shape index (κ2) is 10.1. The maximum Gasteiger partial charge on any atom is 0.319 e. The Balaban J connectivity index is 1.49. The second-order valence-corrected chi connectivity index (χ2v) is 8.28. The number of fused-ring (bicyclic) bond motifs is 1. The van der Waals surface area contributed by atoms with Crippen molar-refractivity contribution in [3.05, 3.63) is 86.3 Å². The van der Waals surface area contributed by atoms with E-state index in [9.17, 15) is 19.5 Å². The minimum atomic E-state index is -1.10. The number of halogens is 2. The lowest BCUT2D eigenvalue weighted by Crippen LogP contribution is -2.36. The first-order valence-corrected chi connectivity index (χ1v) is 10.9. The summed E-state index contributed by atoms with van der Waals surface area (Å²) >= 11 is 12.0. The first-order valence-electron chi connectivity index (χ1n) is 10.1. The van der Waals surface area contributed by atoms with Crippen LogP contribution in [0.25, 0.3) is 0 Å². The average molecular weight is 504 g/mol. The second-order valence-electron chi connectivity index (χ2n) is 7.46. The summed E-state index contributed by atoms with van der Waals surface area (Å²) in [5.41, 5.74) is 0.857. The quantitative estimate of drug-likeness (QED) is 0.442. The lowest BCUT2D eigenvalue weighted by molar-refractivity contribution is -0.137. The molecule has 4 rings (SSSR count). The molecule has 1 aliphatic heterocycles. The van der Waals surface area contributed by atoms with Gasteiger partial charge in [0.25, 0.3) is 5.56 Å². The van der Waals surface area contributed by atoms with Gasteiger partial charge in [-0.1, -0.05) is 35.3 Å². The number of carbonyl (C=O) groups is 2. The van der Waals surface area contributed by atoms with E-state index in [1.54, 1.807) is 48.7 Å². The van der Waals surface area contributed by atoms with E-state index >= 15 is 0 Å². The van der Waals surface area contributed by atoms with Gasteiger partial charge in [0.15, 0.2) is 11.5 Å². The van der Waals surface area contributed by atoms with Crippen molar-refractivity contribution in [1.82, 2.24) is 9.88 Å². The molecule has 2 amide bonds. The van der Waals surface area contributed by atoms with Gasteiger partial charge in [-0.3, -0.25) is 9.59 Å². The van der Waals surface area contributed by atoms with Gasteiger partial charge in [0.05, 0.1) is 29.1 Å². The summed E-state index contributed by atoms with van der Waals surface area (Å²) in [6.07, 6.45) is 1.21. The maximum atomic E-state index is 12.9. The van der Waals surface area contributed by atoms with E-state index in [0.717, 1.165) is 5.56 Å². The van der Waals surface area contributed by atoms with Gasteiger partial charge in [-0.25, -0.2) is 4.79 Å². The maximum absolute atomic E-state index is 12.9. The molecule has 0 bridgehead atoms. The molecule has 1 aliphatic rings. The standard InChI is InChI=1S/C23H19Cl2N3O6/c24-15-5-3-13(8-16(15)25)11-28-7-1-2-17(22(28)31)26-23(32)27-18(10-21(29)30)14-4-6-19-20(9-14)34-12-33-19/h1-9,18H,10-12H2,(H,29,30)(H2,26,27,32)/t18-/m0/s1. The molecule has 0 fully saturated rings. The number of hydrogen-bond donors (Lipinski definition) is 3. The molecule has 2 heterocycles. The summed E-state index contributed by atoms with van der Waals surface area (Å²) in [5.74, 6) is -0.107. The molecule has 0 radical (unpaired) electrons. The number of rotatable bonds is 7. The number of carboxylic acid groups (broad SMARTS) is 1. The van der Waals surface area contributed by atoms with Crippen LogP contribution in [0.4, 0.5) is 10.5 Å². The van der Waals surface area contributed by atoms with Crippen LogP contribution in [-0.2, 0) is 11.3 Å². The summed E-state index contributed by atoms with van der Waals surface area (Å²) in [5, 5.41) is 15.2. The van der Waals surface area contributed by atoms with Crippen molar-refractivity contribution in [2.75, 3.05) is 12.1 Å². The zero-order chi connectivity index (χ0) is 24.2. The number of nitrogens with zero attached hydrogens (tertiary/aromatic N) is 1. The number of aromatic nitrogens is 1. The molecule has 1 aromatic heterocycles. The Labute approximate surface area is 203 Å². The van der Waals surface area contributed by atoms with Gasteiger partial charge in [0, 0.05) is 6.20 Å². The summed E-state index contributed by atoms with van der Waals surface area (Å²) < 4.78 is 12.0. The van der Waals surface area contributed by atoms with E-state index in [1.807, 2.05) is 0 Å². The predicted molar refractivity (Wildman–Crippen MR) is 126 cm³/mol. The number of amides is 2. The van der Waals surface area contributed by atoms with Crippen LogP contribution in [-0.4, -0.2) is 28.5 Å². The monoisotopic (exact) mass is 503 g/mol. The van der Waals surface area contributed by atoms with E-state index < -0.39 is 23.6 Å². The van der Waals surface area contributed by atoms with E-state index in [1.165, 1.54) is 10.6 Å². The number of anilines is 1. The molecule has 2 aromatic carbocycles. The zero-order valence-electron chi connectivity index (χ0n) is 17.6. The molecule has 0 saturated carbocycles. The zero-order valence-corrected chi connectivity index (χ0v) is 19.1. The van der Waals surface area contributed by atoms with Crippen molar-refractivity contribution in [2.45, 2.75) is 19.0 Å². The molecule has 176 valence electrons. The summed E-state index contributed by atoms with van der Waals surface area (Å²) in [7, 11) is 0. The smallest absolute Gasteiger partial charge is 0.319 e. The van der Waals surface area contributed by atoms with Gasteiger partial charge in [0.1, 0.15) is 5.69 Å². The minimum Gasteiger partial charge on any atom is -0.481 e. The number of nitrogens with one attached hydrogen (secondary N) is 2. The van der Waals surface area contributed by atoms with Gasteiger partial charge in [0.2, 0.25) is 6.79 Å². The van der Waals surface area contributed by atoms with Crippen LogP contribution in [0.5, 0.6) is 11.5 Å². The Morgan fingerprint density at radius 3 is 2.62 bits per heavy atom. The number of pyridine rings is 1. The molecule has 0 spiro atoms. The summed E-state index contributed by atoms with van der Waals surface area (Å²) in [4.78, 5) is 36.9. The van der Waals surface area contributed by atoms with E-state index in [-0.39, 0.29) is 25.4 Å². The van der Waals surface area contributed by atoms with Crippen molar-refractivity contribution >= 4 is 40.9 Å². The number of carboxylic acids is 1. The van der Waals surface area contributed by atoms with Crippen LogP contribution in [0.15, 0.2) is 59.5 Å². The number of hydrogen-bond acceptors (Lipinski definition) is 5. The van der Waals surface area contributed by atoms with Crippen molar-refractivity contribution in [3.63, 3.8) is 0 Å². The largest absolute Gasteiger partial charge is 0.481 e. The number of urea groups is 1. The Morgan fingerprint density at radius 1 is 1.06 bits per heavy atom. The number of benzene rings is 2. The average Bonchev–Trinajstić information content (AvgIpc) is 3.26. The van der Waals surface area contributed by atoms with E-state index in [2.05, 4.69) is 10.6 Å². The van der Waals surface area contributed by atoms with Crippen LogP contribution in [0.2, 0.25) is 10.0 Å². The summed E-state index contributed by atoms with van der Waals surface area (Å²) in [6, 6.07) is 11.4. The Morgan fingerprint density at radius 2 is 1.85 bits per heavy atom. The number of carbonyl (C=O) groups excluding carboxylic acids is 1. The number of ether oxygens (including phenoxy) is 2. The Kier molecular flexibility index (Phi) is 6.95. The van der Waals surface area contributed by atoms with Crippen LogP contribution in [0.3, 0.4) is 0 Å². The molecule has 0 unspecified atom stereocenters. The highest BCUT2D eigenvalue weighted by Crippen LogP contribution is 2.34. The molecule has 0 saturated heterocycles. The highest BCUT2D eigenvalue weighted by atomic mass is 35.5. The highest BCUT2D eigenvalue weighted by Gasteiger charge is 2.22.